The number of ether oxygens (including phenoxy) is 1. The van der Waals surface area contributed by atoms with Crippen LogP contribution in [-0.2, 0) is 30.4 Å². The Labute approximate surface area is 259 Å². The van der Waals surface area contributed by atoms with Crippen molar-refractivity contribution in [3.63, 3.8) is 0 Å². The van der Waals surface area contributed by atoms with Crippen molar-refractivity contribution in [1.82, 2.24) is 30.2 Å². The minimum Gasteiger partial charge on any atom is -0.444 e. The molecular formula is C36H42N6O2. The van der Waals surface area contributed by atoms with Crippen LogP contribution in [0, 0.1) is 0 Å². The van der Waals surface area contributed by atoms with Gasteiger partial charge in [-0.25, -0.2) is 14.8 Å². The smallest absolute Gasteiger partial charge is 0.410 e. The van der Waals surface area contributed by atoms with Crippen molar-refractivity contribution in [3.8, 4) is 33.6 Å². The minimum absolute atomic E-state index is 0.0698. The molecule has 0 spiro atoms. The summed E-state index contributed by atoms with van der Waals surface area (Å²) < 4.78 is 5.71. The maximum Gasteiger partial charge on any atom is 0.410 e. The number of carbonyl (C=O) groups is 1. The molecule has 2 aromatic heterocycles. The number of hydrogen-bond donors (Lipinski definition) is 3. The number of carbonyl (C=O) groups excluding carboxylic acids is 1. The molecule has 8 heteroatoms. The van der Waals surface area contributed by atoms with Gasteiger partial charge in [-0.15, -0.1) is 0 Å². The van der Waals surface area contributed by atoms with E-state index in [-0.39, 0.29) is 12.1 Å². The Balaban J connectivity index is 1.08. The van der Waals surface area contributed by atoms with Crippen LogP contribution in [0.5, 0.6) is 0 Å². The molecule has 4 aliphatic rings. The van der Waals surface area contributed by atoms with Gasteiger partial charge >= 0.3 is 6.09 Å². The van der Waals surface area contributed by atoms with Gasteiger partial charge in [0.2, 0.25) is 0 Å². The summed E-state index contributed by atoms with van der Waals surface area (Å²) >= 11 is 0. The molecule has 228 valence electrons. The number of aromatic amines is 2. The molecule has 2 fully saturated rings. The average Bonchev–Trinajstić information content (AvgIpc) is 3.84. The van der Waals surface area contributed by atoms with Gasteiger partial charge in [0.05, 0.1) is 29.7 Å². The fraction of sp³-hybridized carbons (Fsp3) is 0.472. The van der Waals surface area contributed by atoms with Crippen LogP contribution in [0.4, 0.5) is 4.79 Å². The third kappa shape index (κ3) is 4.84. The number of aryl methyl sites for hydroxylation is 2. The van der Waals surface area contributed by atoms with Gasteiger partial charge in [0.25, 0.3) is 0 Å². The zero-order valence-electron chi connectivity index (χ0n) is 26.1. The highest BCUT2D eigenvalue weighted by molar-refractivity contribution is 5.80. The van der Waals surface area contributed by atoms with Gasteiger partial charge in [0, 0.05) is 23.4 Å². The first-order valence-electron chi connectivity index (χ1n) is 16.5. The van der Waals surface area contributed by atoms with Crippen molar-refractivity contribution >= 4 is 6.09 Å². The molecule has 2 aromatic carbocycles. The number of aromatic nitrogens is 4. The summed E-state index contributed by atoms with van der Waals surface area (Å²) in [6.07, 6.45) is 11.3. The van der Waals surface area contributed by atoms with Gasteiger partial charge in [-0.3, -0.25) is 4.90 Å². The van der Waals surface area contributed by atoms with Crippen molar-refractivity contribution in [1.29, 1.82) is 0 Å². The number of amides is 1. The lowest BCUT2D eigenvalue weighted by Crippen LogP contribution is -2.36. The van der Waals surface area contributed by atoms with Gasteiger partial charge in [0.15, 0.2) is 0 Å². The van der Waals surface area contributed by atoms with Crippen molar-refractivity contribution in [2.24, 2.45) is 0 Å². The van der Waals surface area contributed by atoms with Gasteiger partial charge in [-0.05, 0) is 113 Å². The first-order chi connectivity index (χ1) is 21.3. The molecule has 2 aliphatic heterocycles. The summed E-state index contributed by atoms with van der Waals surface area (Å²) in [4.78, 5) is 31.9. The Morgan fingerprint density at radius 1 is 0.909 bits per heavy atom. The number of benzene rings is 2. The maximum absolute atomic E-state index is 13.0. The number of likely N-dealkylation sites (tertiary alicyclic amines) is 1. The van der Waals surface area contributed by atoms with E-state index in [1.807, 2.05) is 31.9 Å². The highest BCUT2D eigenvalue weighted by Crippen LogP contribution is 2.42. The molecule has 3 N–H and O–H groups in total. The van der Waals surface area contributed by atoms with E-state index in [0.29, 0.717) is 12.6 Å². The van der Waals surface area contributed by atoms with E-state index < -0.39 is 5.60 Å². The third-order valence-electron chi connectivity index (χ3n) is 9.87. The topological polar surface area (TPSA) is 98.9 Å². The van der Waals surface area contributed by atoms with Crippen LogP contribution in [-0.4, -0.2) is 49.6 Å². The Morgan fingerprint density at radius 2 is 1.73 bits per heavy atom. The number of fused-ring (bicyclic) bond motifs is 4. The van der Waals surface area contributed by atoms with Gasteiger partial charge in [0.1, 0.15) is 17.2 Å². The molecular weight excluding hydrogens is 548 g/mol. The predicted octanol–water partition coefficient (Wildman–Crippen LogP) is 7.22. The second kappa shape index (κ2) is 10.6. The Hall–Kier alpha value is -3.91. The van der Waals surface area contributed by atoms with E-state index in [4.69, 9.17) is 14.7 Å². The second-order valence-electron chi connectivity index (χ2n) is 14.0. The summed E-state index contributed by atoms with van der Waals surface area (Å²) in [5, 5.41) is 3.56. The van der Waals surface area contributed by atoms with E-state index in [1.54, 1.807) is 0 Å². The lowest BCUT2D eigenvalue weighted by molar-refractivity contribution is 0.0218. The van der Waals surface area contributed by atoms with Crippen LogP contribution in [0.1, 0.15) is 99.0 Å². The van der Waals surface area contributed by atoms with E-state index in [0.717, 1.165) is 74.5 Å². The third-order valence-corrected chi connectivity index (χ3v) is 9.87. The fourth-order valence-corrected chi connectivity index (χ4v) is 7.84. The van der Waals surface area contributed by atoms with Crippen LogP contribution in [0.15, 0.2) is 36.5 Å². The van der Waals surface area contributed by atoms with Crippen LogP contribution >= 0.6 is 0 Å². The number of H-pyrrole nitrogens is 2. The summed E-state index contributed by atoms with van der Waals surface area (Å²) in [6.45, 7) is 7.52. The quantitative estimate of drug-likeness (QED) is 0.233. The number of hydrogen-bond acceptors (Lipinski definition) is 5. The van der Waals surface area contributed by atoms with Gasteiger partial charge in [-0.1, -0.05) is 30.3 Å². The van der Waals surface area contributed by atoms with Crippen LogP contribution in [0.3, 0.4) is 0 Å². The molecule has 2 saturated heterocycles. The Bertz CT molecular complexity index is 1740. The molecule has 8 nitrogen and oxygen atoms in total. The average molecular weight is 591 g/mol. The van der Waals surface area contributed by atoms with Gasteiger partial charge in [-0.2, -0.15) is 0 Å². The summed E-state index contributed by atoms with van der Waals surface area (Å²) in [6, 6.07) is 11.8. The molecule has 4 aromatic rings. The Kier molecular flexibility index (Phi) is 6.67. The summed E-state index contributed by atoms with van der Waals surface area (Å²) in [5.41, 5.74) is 12.3. The molecule has 2 aliphatic carbocycles. The maximum atomic E-state index is 13.0. The Morgan fingerprint density at radius 3 is 2.55 bits per heavy atom. The van der Waals surface area contributed by atoms with E-state index in [1.165, 1.54) is 57.5 Å². The van der Waals surface area contributed by atoms with Crippen LogP contribution < -0.4 is 5.32 Å². The van der Waals surface area contributed by atoms with Gasteiger partial charge < -0.3 is 20.0 Å². The van der Waals surface area contributed by atoms with Crippen LogP contribution in [0.2, 0.25) is 0 Å². The first kappa shape index (κ1) is 27.6. The summed E-state index contributed by atoms with van der Waals surface area (Å²) in [7, 11) is 0. The second-order valence-corrected chi connectivity index (χ2v) is 14.0. The standard InChI is InChI=1S/C36H42N6O2/c1-36(2,3)44-35(43)42-18-6-10-31(42)34-39-28-16-12-22-19-21(11-13-24(22)32(28)41-34)23-14-15-27(26-8-4-7-25(23)26)30-20-38-33(40-30)29-9-5-17-37-29/h11,13-15,19-20,29,31,37H,4-10,12,16-18H2,1-3H3,(H,38,40)(H,39,41)/t29-,31-/m0/s1. The molecule has 0 unspecified atom stereocenters. The molecule has 2 atom stereocenters. The van der Waals surface area contributed by atoms with Crippen LogP contribution in [0.25, 0.3) is 33.6 Å². The van der Waals surface area contributed by atoms with Crippen molar-refractivity contribution in [2.45, 2.75) is 96.2 Å². The molecule has 0 saturated carbocycles. The minimum atomic E-state index is -0.515. The van der Waals surface area contributed by atoms with E-state index in [9.17, 15) is 4.79 Å². The zero-order valence-corrected chi connectivity index (χ0v) is 26.1. The zero-order chi connectivity index (χ0) is 30.0. The first-order valence-corrected chi connectivity index (χ1v) is 16.5. The molecule has 4 heterocycles. The summed E-state index contributed by atoms with van der Waals surface area (Å²) in [5.74, 6) is 1.95. The number of rotatable bonds is 4. The largest absolute Gasteiger partial charge is 0.444 e. The fourth-order valence-electron chi connectivity index (χ4n) is 7.84. The number of nitrogens with zero attached hydrogens (tertiary/aromatic N) is 3. The van der Waals surface area contributed by atoms with E-state index >= 15 is 0 Å². The SMILES string of the molecule is CC(C)(C)OC(=O)N1CCC[C@H]1c1nc2c([nH]1)CCc1cc(-c3ccc(-c4cnc([C@@H]5CCCN5)[nH]4)c4c3CCC4)ccc1-2. The highest BCUT2D eigenvalue weighted by atomic mass is 16.6. The predicted molar refractivity (Wildman–Crippen MR) is 171 cm³/mol. The van der Waals surface area contributed by atoms with Crippen molar-refractivity contribution in [2.75, 3.05) is 13.1 Å². The molecule has 44 heavy (non-hydrogen) atoms. The highest BCUT2D eigenvalue weighted by Gasteiger charge is 2.36. The van der Waals surface area contributed by atoms with Crippen molar-refractivity contribution in [3.05, 3.63) is 70.6 Å². The molecule has 0 bridgehead atoms. The molecule has 0 radical (unpaired) electrons. The van der Waals surface area contributed by atoms with E-state index in [2.05, 4.69) is 45.6 Å². The normalized spacial score (nSPS) is 20.9. The molecule has 1 amide bonds. The van der Waals surface area contributed by atoms with Crippen molar-refractivity contribution < 1.29 is 9.53 Å². The lowest BCUT2D eigenvalue weighted by Gasteiger charge is -2.27. The number of imidazole rings is 2. The lowest BCUT2D eigenvalue weighted by atomic mass is 9.87. The molecule has 8 rings (SSSR count). The monoisotopic (exact) mass is 590 g/mol. The number of nitrogens with one attached hydrogen (secondary N) is 3.